The molecule has 2 N–H and O–H groups in total. The Morgan fingerprint density at radius 1 is 1.08 bits per heavy atom. The molecule has 120 valence electrons. The average molecular weight is 318 g/mol. The minimum Gasteiger partial charge on any atom is -0.497 e. The third kappa shape index (κ3) is 2.65. The quantitative estimate of drug-likeness (QED) is 0.588. The summed E-state index contributed by atoms with van der Waals surface area (Å²) in [5.41, 5.74) is 3.37. The van der Waals surface area contributed by atoms with Gasteiger partial charge in [-0.25, -0.2) is 9.97 Å². The number of rotatable bonds is 5. The third-order valence-electron chi connectivity index (χ3n) is 4.20. The van der Waals surface area contributed by atoms with Gasteiger partial charge < -0.3 is 15.0 Å². The lowest BCUT2D eigenvalue weighted by Gasteiger charge is -2.09. The molecule has 2 aromatic carbocycles. The summed E-state index contributed by atoms with van der Waals surface area (Å²) in [4.78, 5) is 12.0. The van der Waals surface area contributed by atoms with Crippen molar-refractivity contribution >= 4 is 27.6 Å². The van der Waals surface area contributed by atoms with Crippen molar-refractivity contribution < 1.29 is 4.74 Å². The fraction of sp³-hybridized carbons (Fsp3) is 0.158. The van der Waals surface area contributed by atoms with Crippen molar-refractivity contribution in [2.24, 2.45) is 0 Å². The summed E-state index contributed by atoms with van der Waals surface area (Å²) >= 11 is 0. The first-order valence-electron chi connectivity index (χ1n) is 7.93. The van der Waals surface area contributed by atoms with Gasteiger partial charge in [0.1, 0.15) is 17.9 Å². The zero-order valence-corrected chi connectivity index (χ0v) is 13.4. The minimum absolute atomic E-state index is 0.797. The van der Waals surface area contributed by atoms with Crippen LogP contribution < -0.4 is 10.1 Å². The summed E-state index contributed by atoms with van der Waals surface area (Å²) in [6.45, 7) is 0.797. The van der Waals surface area contributed by atoms with E-state index >= 15 is 0 Å². The number of aromatic nitrogens is 3. The van der Waals surface area contributed by atoms with Crippen LogP contribution in [0.4, 0.5) is 5.82 Å². The number of methoxy groups -OCH3 is 1. The van der Waals surface area contributed by atoms with Crippen LogP contribution >= 0.6 is 0 Å². The predicted octanol–water partition coefficient (Wildman–Crippen LogP) is 3.77. The normalized spacial score (nSPS) is 11.0. The van der Waals surface area contributed by atoms with Crippen LogP contribution in [0, 0.1) is 0 Å². The Hall–Kier alpha value is -3.08. The molecule has 0 aliphatic carbocycles. The van der Waals surface area contributed by atoms with E-state index < -0.39 is 0 Å². The molecule has 5 heteroatoms. The number of H-pyrrole nitrogens is 1. The van der Waals surface area contributed by atoms with Gasteiger partial charge in [-0.15, -0.1) is 0 Å². The van der Waals surface area contributed by atoms with E-state index in [-0.39, 0.29) is 0 Å². The van der Waals surface area contributed by atoms with E-state index in [1.807, 2.05) is 24.3 Å². The largest absolute Gasteiger partial charge is 0.497 e. The highest BCUT2D eigenvalue weighted by Crippen LogP contribution is 2.24. The van der Waals surface area contributed by atoms with Gasteiger partial charge >= 0.3 is 0 Å². The number of para-hydroxylation sites is 1. The van der Waals surface area contributed by atoms with Crippen molar-refractivity contribution in [2.75, 3.05) is 19.0 Å². The highest BCUT2D eigenvalue weighted by molar-refractivity contribution is 5.90. The van der Waals surface area contributed by atoms with Crippen LogP contribution in [0.5, 0.6) is 5.75 Å². The van der Waals surface area contributed by atoms with Crippen LogP contribution in [0.2, 0.25) is 0 Å². The summed E-state index contributed by atoms with van der Waals surface area (Å²) in [6.07, 6.45) is 4.58. The molecule has 5 nitrogen and oxygen atoms in total. The van der Waals surface area contributed by atoms with Crippen LogP contribution in [-0.2, 0) is 6.42 Å². The lowest BCUT2D eigenvalue weighted by Crippen LogP contribution is -2.07. The van der Waals surface area contributed by atoms with E-state index in [9.17, 15) is 0 Å². The van der Waals surface area contributed by atoms with Crippen molar-refractivity contribution in [1.82, 2.24) is 15.0 Å². The van der Waals surface area contributed by atoms with Gasteiger partial charge in [0.2, 0.25) is 0 Å². The Kier molecular flexibility index (Phi) is 3.75. The molecule has 0 bridgehead atoms. The van der Waals surface area contributed by atoms with E-state index in [0.29, 0.717) is 0 Å². The summed E-state index contributed by atoms with van der Waals surface area (Å²) in [5.74, 6) is 1.63. The second-order valence-corrected chi connectivity index (χ2v) is 5.64. The molecule has 24 heavy (non-hydrogen) atoms. The molecule has 0 unspecified atom stereocenters. The fourth-order valence-corrected chi connectivity index (χ4v) is 2.96. The Morgan fingerprint density at radius 3 is 2.92 bits per heavy atom. The first-order valence-corrected chi connectivity index (χ1v) is 7.93. The molecular weight excluding hydrogens is 300 g/mol. The third-order valence-corrected chi connectivity index (χ3v) is 4.20. The van der Waals surface area contributed by atoms with Gasteiger partial charge in [0.25, 0.3) is 0 Å². The van der Waals surface area contributed by atoms with Crippen LogP contribution in [0.25, 0.3) is 21.8 Å². The van der Waals surface area contributed by atoms with Gasteiger partial charge in [-0.1, -0.05) is 18.2 Å². The van der Waals surface area contributed by atoms with Gasteiger partial charge in [0, 0.05) is 29.0 Å². The Morgan fingerprint density at radius 2 is 2.00 bits per heavy atom. The molecule has 0 saturated carbocycles. The molecule has 0 spiro atoms. The highest BCUT2D eigenvalue weighted by Gasteiger charge is 2.06. The number of nitrogens with one attached hydrogen (secondary N) is 2. The number of nitrogens with zero attached hydrogens (tertiary/aromatic N) is 2. The molecule has 2 heterocycles. The van der Waals surface area contributed by atoms with E-state index in [1.165, 1.54) is 16.5 Å². The van der Waals surface area contributed by atoms with Crippen molar-refractivity contribution in [2.45, 2.75) is 6.42 Å². The molecule has 2 aromatic heterocycles. The average Bonchev–Trinajstić information content (AvgIpc) is 3.05. The molecule has 0 amide bonds. The SMILES string of the molecule is COc1ccc2ncnc(NCCc3c[nH]c4ccccc34)c2c1. The van der Waals surface area contributed by atoms with Crippen molar-refractivity contribution in [3.05, 3.63) is 60.6 Å². The van der Waals surface area contributed by atoms with Gasteiger partial charge in [0.05, 0.1) is 12.6 Å². The Bertz CT molecular complexity index is 993. The summed E-state index contributed by atoms with van der Waals surface area (Å²) < 4.78 is 5.30. The van der Waals surface area contributed by atoms with Crippen LogP contribution in [-0.4, -0.2) is 28.6 Å². The molecular formula is C19H18N4O. The van der Waals surface area contributed by atoms with Crippen LogP contribution in [0.3, 0.4) is 0 Å². The van der Waals surface area contributed by atoms with Crippen LogP contribution in [0.1, 0.15) is 5.56 Å². The molecule has 0 atom stereocenters. The molecule has 0 aliphatic rings. The second kappa shape index (κ2) is 6.20. The zero-order valence-electron chi connectivity index (χ0n) is 13.4. The summed E-state index contributed by atoms with van der Waals surface area (Å²) in [5, 5.41) is 5.66. The van der Waals surface area contributed by atoms with Gasteiger partial charge in [-0.05, 0) is 36.2 Å². The lowest BCUT2D eigenvalue weighted by atomic mass is 10.1. The predicted molar refractivity (Wildman–Crippen MR) is 96.6 cm³/mol. The van der Waals surface area contributed by atoms with Crippen molar-refractivity contribution in [1.29, 1.82) is 0 Å². The van der Waals surface area contributed by atoms with E-state index in [2.05, 4.69) is 44.7 Å². The van der Waals surface area contributed by atoms with Gasteiger partial charge in [0.15, 0.2) is 0 Å². The van der Waals surface area contributed by atoms with E-state index in [4.69, 9.17) is 4.74 Å². The topological polar surface area (TPSA) is 62.8 Å². The molecule has 0 radical (unpaired) electrons. The smallest absolute Gasteiger partial charge is 0.137 e. The van der Waals surface area contributed by atoms with E-state index in [1.54, 1.807) is 13.4 Å². The lowest BCUT2D eigenvalue weighted by molar-refractivity contribution is 0.415. The van der Waals surface area contributed by atoms with Gasteiger partial charge in [-0.2, -0.15) is 0 Å². The Labute approximate surface area is 139 Å². The summed E-state index contributed by atoms with van der Waals surface area (Å²) in [7, 11) is 1.66. The molecule has 4 rings (SSSR count). The molecule has 0 saturated heterocycles. The molecule has 4 aromatic rings. The maximum atomic E-state index is 5.30. The fourth-order valence-electron chi connectivity index (χ4n) is 2.96. The maximum Gasteiger partial charge on any atom is 0.137 e. The minimum atomic E-state index is 0.797. The van der Waals surface area contributed by atoms with Crippen LogP contribution in [0.15, 0.2) is 55.0 Å². The summed E-state index contributed by atoms with van der Waals surface area (Å²) in [6, 6.07) is 14.2. The molecule has 0 aliphatic heterocycles. The number of anilines is 1. The number of hydrogen-bond acceptors (Lipinski definition) is 4. The number of benzene rings is 2. The number of aromatic amines is 1. The monoisotopic (exact) mass is 318 g/mol. The first-order chi connectivity index (χ1) is 11.8. The number of fused-ring (bicyclic) bond motifs is 2. The number of hydrogen-bond donors (Lipinski definition) is 2. The van der Waals surface area contributed by atoms with Crippen molar-refractivity contribution in [3.63, 3.8) is 0 Å². The van der Waals surface area contributed by atoms with E-state index in [0.717, 1.165) is 35.4 Å². The first kappa shape index (κ1) is 14.5. The molecule has 0 fully saturated rings. The van der Waals surface area contributed by atoms with Gasteiger partial charge in [-0.3, -0.25) is 0 Å². The highest BCUT2D eigenvalue weighted by atomic mass is 16.5. The van der Waals surface area contributed by atoms with Crippen molar-refractivity contribution in [3.8, 4) is 5.75 Å². The number of ether oxygens (including phenoxy) is 1. The standard InChI is InChI=1S/C19H18N4O/c1-24-14-6-7-18-16(10-14)19(23-12-22-18)20-9-8-13-11-21-17-5-3-2-4-15(13)17/h2-7,10-12,21H,8-9H2,1H3,(H,20,22,23). The maximum absolute atomic E-state index is 5.30. The zero-order chi connectivity index (χ0) is 16.4. The second-order valence-electron chi connectivity index (χ2n) is 5.64. The Balaban J connectivity index is 1.54.